The third kappa shape index (κ3) is 4.31. The minimum absolute atomic E-state index is 0. The van der Waals surface area contributed by atoms with Crippen LogP contribution in [0.4, 0.5) is 0 Å². The topological polar surface area (TPSA) is 34.1 Å². The van der Waals surface area contributed by atoms with Crippen LogP contribution in [0.3, 0.4) is 0 Å². The lowest BCUT2D eigenvalue weighted by Crippen LogP contribution is -2.21. The standard InChI is InChI=1S/C20H20N2O.2ClH/c1-2-5-15(6-3-1)19-12-22-13-20(19)23-14-17-8-4-7-16-11-21-10-9-18(16)17;;/h1-11,19-20,22H,12-14H2;2*1H/t19-,20+;;/m0../s1. The summed E-state index contributed by atoms with van der Waals surface area (Å²) in [4.78, 5) is 4.19. The van der Waals surface area contributed by atoms with Crippen molar-refractivity contribution in [2.75, 3.05) is 13.1 Å². The van der Waals surface area contributed by atoms with E-state index < -0.39 is 0 Å². The monoisotopic (exact) mass is 376 g/mol. The summed E-state index contributed by atoms with van der Waals surface area (Å²) in [6.07, 6.45) is 3.97. The van der Waals surface area contributed by atoms with E-state index in [9.17, 15) is 0 Å². The molecule has 132 valence electrons. The van der Waals surface area contributed by atoms with Crippen LogP contribution >= 0.6 is 24.8 Å². The summed E-state index contributed by atoms with van der Waals surface area (Å²) in [5.74, 6) is 0.424. The van der Waals surface area contributed by atoms with E-state index in [2.05, 4.69) is 64.9 Å². The first-order chi connectivity index (χ1) is 11.4. The zero-order valence-corrected chi connectivity index (χ0v) is 15.4. The Kier molecular flexibility index (Phi) is 7.21. The van der Waals surface area contributed by atoms with Gasteiger partial charge in [0.15, 0.2) is 0 Å². The van der Waals surface area contributed by atoms with E-state index in [-0.39, 0.29) is 30.9 Å². The summed E-state index contributed by atoms with van der Waals surface area (Å²) < 4.78 is 6.28. The second-order valence-electron chi connectivity index (χ2n) is 6.04. The van der Waals surface area contributed by atoms with E-state index in [1.807, 2.05) is 12.4 Å². The Bertz CT molecular complexity index is 793. The van der Waals surface area contributed by atoms with Crippen molar-refractivity contribution >= 4 is 35.6 Å². The van der Waals surface area contributed by atoms with E-state index in [4.69, 9.17) is 4.74 Å². The van der Waals surface area contributed by atoms with Gasteiger partial charge in [-0.2, -0.15) is 0 Å². The molecule has 1 fully saturated rings. The molecule has 0 spiro atoms. The van der Waals surface area contributed by atoms with Crippen LogP contribution in [0.1, 0.15) is 17.0 Å². The van der Waals surface area contributed by atoms with Crippen LogP contribution < -0.4 is 5.32 Å². The highest BCUT2D eigenvalue weighted by Gasteiger charge is 2.29. The Morgan fingerprint density at radius 2 is 1.80 bits per heavy atom. The molecule has 0 aliphatic carbocycles. The molecular weight excluding hydrogens is 355 g/mol. The highest BCUT2D eigenvalue weighted by molar-refractivity contribution is 5.86. The average Bonchev–Trinajstić information content (AvgIpc) is 3.09. The van der Waals surface area contributed by atoms with E-state index in [0.29, 0.717) is 12.5 Å². The minimum atomic E-state index is 0. The van der Waals surface area contributed by atoms with Gasteiger partial charge in [-0.15, -0.1) is 24.8 Å². The summed E-state index contributed by atoms with van der Waals surface area (Å²) in [5, 5.41) is 5.85. The molecule has 5 heteroatoms. The molecular formula is C20H22Cl2N2O. The zero-order valence-electron chi connectivity index (χ0n) is 13.8. The van der Waals surface area contributed by atoms with Gasteiger partial charge < -0.3 is 10.1 Å². The van der Waals surface area contributed by atoms with Crippen molar-refractivity contribution in [1.29, 1.82) is 0 Å². The van der Waals surface area contributed by atoms with Crippen molar-refractivity contribution in [2.24, 2.45) is 0 Å². The average molecular weight is 377 g/mol. The highest BCUT2D eigenvalue weighted by atomic mass is 35.5. The van der Waals surface area contributed by atoms with Gasteiger partial charge in [0.2, 0.25) is 0 Å². The van der Waals surface area contributed by atoms with Crippen LogP contribution in [0.2, 0.25) is 0 Å². The fraction of sp³-hybridized carbons (Fsp3) is 0.250. The van der Waals surface area contributed by atoms with Crippen LogP contribution in [0.15, 0.2) is 67.0 Å². The van der Waals surface area contributed by atoms with E-state index in [1.165, 1.54) is 16.5 Å². The quantitative estimate of drug-likeness (QED) is 0.734. The van der Waals surface area contributed by atoms with E-state index >= 15 is 0 Å². The lowest BCUT2D eigenvalue weighted by Gasteiger charge is -2.20. The first-order valence-corrected chi connectivity index (χ1v) is 8.11. The number of fused-ring (bicyclic) bond motifs is 1. The Balaban J connectivity index is 0.00000113. The molecule has 2 aromatic carbocycles. The number of hydrogen-bond donors (Lipinski definition) is 1. The first kappa shape index (κ1) is 19.7. The van der Waals surface area contributed by atoms with Gasteiger partial charge in [-0.1, -0.05) is 48.5 Å². The van der Waals surface area contributed by atoms with Gasteiger partial charge in [0.1, 0.15) is 0 Å². The lowest BCUT2D eigenvalue weighted by molar-refractivity contribution is 0.0439. The summed E-state index contributed by atoms with van der Waals surface area (Å²) in [7, 11) is 0. The van der Waals surface area contributed by atoms with Crippen molar-refractivity contribution < 1.29 is 4.74 Å². The Morgan fingerprint density at radius 3 is 2.64 bits per heavy atom. The number of benzene rings is 2. The maximum absolute atomic E-state index is 6.28. The zero-order chi connectivity index (χ0) is 15.5. The van der Waals surface area contributed by atoms with Gasteiger partial charge in [0.05, 0.1) is 12.7 Å². The van der Waals surface area contributed by atoms with Gasteiger partial charge in [-0.25, -0.2) is 0 Å². The van der Waals surface area contributed by atoms with E-state index in [0.717, 1.165) is 18.5 Å². The predicted molar refractivity (Wildman–Crippen MR) is 107 cm³/mol. The summed E-state index contributed by atoms with van der Waals surface area (Å²) >= 11 is 0. The molecule has 0 radical (unpaired) electrons. The van der Waals surface area contributed by atoms with Crippen LogP contribution in [0, 0.1) is 0 Å². The molecule has 1 aliphatic rings. The number of nitrogens with one attached hydrogen (secondary N) is 1. The normalized spacial score (nSPS) is 19.2. The van der Waals surface area contributed by atoms with E-state index in [1.54, 1.807) is 0 Å². The molecule has 1 aromatic heterocycles. The van der Waals surface area contributed by atoms with Gasteiger partial charge in [0.25, 0.3) is 0 Å². The summed E-state index contributed by atoms with van der Waals surface area (Å²) in [6.45, 7) is 2.52. The molecule has 0 bridgehead atoms. The smallest absolute Gasteiger partial charge is 0.0784 e. The number of pyridine rings is 1. The minimum Gasteiger partial charge on any atom is -0.372 e. The molecule has 1 saturated heterocycles. The predicted octanol–water partition coefficient (Wildman–Crippen LogP) is 4.35. The first-order valence-electron chi connectivity index (χ1n) is 8.11. The number of nitrogens with zero attached hydrogens (tertiary/aromatic N) is 1. The maximum Gasteiger partial charge on any atom is 0.0784 e. The molecule has 0 saturated carbocycles. The molecule has 0 unspecified atom stereocenters. The molecule has 2 heterocycles. The Morgan fingerprint density at radius 1 is 0.960 bits per heavy atom. The summed E-state index contributed by atoms with van der Waals surface area (Å²) in [6, 6.07) is 19.0. The van der Waals surface area contributed by atoms with Gasteiger partial charge in [-0.05, 0) is 22.6 Å². The third-order valence-corrected chi connectivity index (χ3v) is 4.61. The Labute approximate surface area is 160 Å². The SMILES string of the molecule is Cl.Cl.c1ccc([C@@H]2CNC[C@H]2OCc2cccc3cnccc23)cc1. The highest BCUT2D eigenvalue weighted by Crippen LogP contribution is 2.27. The number of ether oxygens (including phenoxy) is 1. The molecule has 1 aliphatic heterocycles. The molecule has 3 aromatic rings. The van der Waals surface area contributed by atoms with Crippen molar-refractivity contribution in [3.63, 3.8) is 0 Å². The fourth-order valence-corrected chi connectivity index (χ4v) is 3.37. The van der Waals surface area contributed by atoms with Crippen LogP contribution in [0.5, 0.6) is 0 Å². The van der Waals surface area contributed by atoms with Crippen molar-refractivity contribution in [1.82, 2.24) is 10.3 Å². The van der Waals surface area contributed by atoms with Crippen molar-refractivity contribution in [2.45, 2.75) is 18.6 Å². The van der Waals surface area contributed by atoms with Gasteiger partial charge in [0, 0.05) is 36.8 Å². The number of aromatic nitrogens is 1. The van der Waals surface area contributed by atoms with Gasteiger partial charge >= 0.3 is 0 Å². The van der Waals surface area contributed by atoms with Crippen molar-refractivity contribution in [3.8, 4) is 0 Å². The number of rotatable bonds is 4. The number of hydrogen-bond acceptors (Lipinski definition) is 3. The maximum atomic E-state index is 6.28. The second-order valence-corrected chi connectivity index (χ2v) is 6.04. The molecule has 4 rings (SSSR count). The number of halogens is 2. The van der Waals surface area contributed by atoms with Gasteiger partial charge in [-0.3, -0.25) is 4.98 Å². The Hall–Kier alpha value is -1.65. The van der Waals surface area contributed by atoms with Crippen LogP contribution in [-0.4, -0.2) is 24.2 Å². The van der Waals surface area contributed by atoms with Crippen LogP contribution in [0.25, 0.3) is 10.8 Å². The second kappa shape index (κ2) is 9.16. The van der Waals surface area contributed by atoms with Crippen molar-refractivity contribution in [3.05, 3.63) is 78.1 Å². The van der Waals surface area contributed by atoms with Crippen LogP contribution in [-0.2, 0) is 11.3 Å². The molecule has 0 amide bonds. The molecule has 25 heavy (non-hydrogen) atoms. The lowest BCUT2D eigenvalue weighted by atomic mass is 9.96. The molecule has 3 nitrogen and oxygen atoms in total. The molecule has 1 N–H and O–H groups in total. The third-order valence-electron chi connectivity index (χ3n) is 4.61. The summed E-state index contributed by atoms with van der Waals surface area (Å²) in [5.41, 5.74) is 2.58. The fourth-order valence-electron chi connectivity index (χ4n) is 3.37. The largest absolute Gasteiger partial charge is 0.372 e. The molecule has 2 atom stereocenters.